The van der Waals surface area contributed by atoms with Crippen LogP contribution in [0.4, 0.5) is 17.1 Å². The first-order valence-corrected chi connectivity index (χ1v) is 9.08. The van der Waals surface area contributed by atoms with E-state index >= 15 is 0 Å². The van der Waals surface area contributed by atoms with Crippen molar-refractivity contribution in [3.8, 4) is 11.8 Å². The van der Waals surface area contributed by atoms with Gasteiger partial charge in [-0.25, -0.2) is 0 Å². The summed E-state index contributed by atoms with van der Waals surface area (Å²) in [6.45, 7) is 0.467. The Morgan fingerprint density at radius 2 is 1.68 bits per heavy atom. The third kappa shape index (κ3) is 5.36. The van der Waals surface area contributed by atoms with Crippen LogP contribution in [0.5, 0.6) is 5.75 Å². The van der Waals surface area contributed by atoms with Gasteiger partial charge in [0.1, 0.15) is 5.75 Å². The van der Waals surface area contributed by atoms with E-state index in [1.165, 1.54) is 0 Å². The van der Waals surface area contributed by atoms with Crippen molar-refractivity contribution in [3.63, 3.8) is 0 Å². The van der Waals surface area contributed by atoms with E-state index in [0.29, 0.717) is 36.4 Å². The van der Waals surface area contributed by atoms with Crippen LogP contribution in [0.3, 0.4) is 0 Å². The molecule has 2 N–H and O–H groups in total. The quantitative estimate of drug-likeness (QED) is 0.522. The largest absolute Gasteiger partial charge is 0.493 e. The van der Waals surface area contributed by atoms with Crippen molar-refractivity contribution in [2.24, 2.45) is 0 Å². The van der Waals surface area contributed by atoms with E-state index in [2.05, 4.69) is 16.7 Å². The molecule has 0 unspecified atom stereocenters. The molecule has 1 amide bonds. The van der Waals surface area contributed by atoms with E-state index in [1.807, 2.05) is 66.7 Å². The van der Waals surface area contributed by atoms with Gasteiger partial charge in [0.25, 0.3) is 5.91 Å². The van der Waals surface area contributed by atoms with Gasteiger partial charge >= 0.3 is 0 Å². The van der Waals surface area contributed by atoms with Gasteiger partial charge in [0, 0.05) is 23.9 Å². The van der Waals surface area contributed by atoms with Gasteiger partial charge in [-0.15, -0.1) is 0 Å². The molecule has 0 aliphatic heterocycles. The monoisotopic (exact) mass is 371 g/mol. The van der Waals surface area contributed by atoms with E-state index in [9.17, 15) is 4.79 Å². The van der Waals surface area contributed by atoms with Crippen LogP contribution in [0.1, 0.15) is 23.2 Å². The summed E-state index contributed by atoms with van der Waals surface area (Å²) in [5.41, 5.74) is 2.84. The van der Waals surface area contributed by atoms with Crippen LogP contribution < -0.4 is 15.4 Å². The van der Waals surface area contributed by atoms with Crippen molar-refractivity contribution in [1.29, 1.82) is 5.26 Å². The first kappa shape index (κ1) is 19.0. The van der Waals surface area contributed by atoms with Crippen molar-refractivity contribution < 1.29 is 9.53 Å². The summed E-state index contributed by atoms with van der Waals surface area (Å²) >= 11 is 0. The molecule has 140 valence electrons. The highest BCUT2D eigenvalue weighted by atomic mass is 16.5. The van der Waals surface area contributed by atoms with Gasteiger partial charge in [-0.2, -0.15) is 5.26 Å². The zero-order valence-electron chi connectivity index (χ0n) is 15.4. The van der Waals surface area contributed by atoms with Crippen LogP contribution in [0.25, 0.3) is 0 Å². The number of nitrogens with one attached hydrogen (secondary N) is 2. The smallest absolute Gasteiger partial charge is 0.257 e. The molecule has 0 saturated heterocycles. The molecule has 0 fully saturated rings. The van der Waals surface area contributed by atoms with Crippen molar-refractivity contribution in [3.05, 3.63) is 84.4 Å². The van der Waals surface area contributed by atoms with E-state index < -0.39 is 0 Å². The van der Waals surface area contributed by atoms with E-state index in [-0.39, 0.29) is 5.91 Å². The van der Waals surface area contributed by atoms with Gasteiger partial charge in [0.05, 0.1) is 23.9 Å². The normalized spacial score (nSPS) is 9.96. The number of carbonyl (C=O) groups is 1. The maximum Gasteiger partial charge on any atom is 0.257 e. The maximum atomic E-state index is 12.8. The average Bonchev–Trinajstić information content (AvgIpc) is 2.73. The first-order chi connectivity index (χ1) is 13.8. The SMILES string of the molecule is N#CCCCOc1cccc(NC(=O)c2ccccc2Nc2ccccc2)c1. The van der Waals surface area contributed by atoms with Crippen molar-refractivity contribution in [1.82, 2.24) is 0 Å². The third-order valence-corrected chi connectivity index (χ3v) is 4.02. The lowest BCUT2D eigenvalue weighted by Gasteiger charge is -2.13. The summed E-state index contributed by atoms with van der Waals surface area (Å²) in [4.78, 5) is 12.8. The molecule has 0 aliphatic carbocycles. The molecule has 3 aromatic carbocycles. The molecule has 3 rings (SSSR count). The maximum absolute atomic E-state index is 12.8. The predicted octanol–water partition coefficient (Wildman–Crippen LogP) is 5.37. The molecule has 5 nitrogen and oxygen atoms in total. The number of benzene rings is 3. The lowest BCUT2D eigenvalue weighted by atomic mass is 10.1. The highest BCUT2D eigenvalue weighted by Gasteiger charge is 2.12. The number of anilines is 3. The summed E-state index contributed by atoms with van der Waals surface area (Å²) in [6.07, 6.45) is 1.13. The Balaban J connectivity index is 1.69. The lowest BCUT2D eigenvalue weighted by Crippen LogP contribution is -2.14. The third-order valence-electron chi connectivity index (χ3n) is 4.02. The predicted molar refractivity (Wildman–Crippen MR) is 111 cm³/mol. The number of ether oxygens (including phenoxy) is 1. The summed E-state index contributed by atoms with van der Waals surface area (Å²) in [5.74, 6) is 0.451. The molecular weight excluding hydrogens is 350 g/mol. The Morgan fingerprint density at radius 1 is 0.929 bits per heavy atom. The molecule has 0 radical (unpaired) electrons. The zero-order chi connectivity index (χ0) is 19.6. The molecule has 0 spiro atoms. The molecule has 28 heavy (non-hydrogen) atoms. The topological polar surface area (TPSA) is 74.1 Å². The van der Waals surface area contributed by atoms with Crippen LogP contribution >= 0.6 is 0 Å². The van der Waals surface area contributed by atoms with Crippen molar-refractivity contribution in [2.45, 2.75) is 12.8 Å². The fourth-order valence-electron chi connectivity index (χ4n) is 2.67. The minimum atomic E-state index is -0.208. The summed E-state index contributed by atoms with van der Waals surface area (Å²) < 4.78 is 5.62. The second-order valence-electron chi connectivity index (χ2n) is 6.13. The van der Waals surface area contributed by atoms with Gasteiger partial charge < -0.3 is 15.4 Å². The highest BCUT2D eigenvalue weighted by Crippen LogP contribution is 2.23. The lowest BCUT2D eigenvalue weighted by molar-refractivity contribution is 0.102. The number of rotatable bonds is 8. The number of nitriles is 1. The van der Waals surface area contributed by atoms with Crippen LogP contribution in [0, 0.1) is 11.3 Å². The Hall–Kier alpha value is -3.78. The number of nitrogens with zero attached hydrogens (tertiary/aromatic N) is 1. The van der Waals surface area contributed by atoms with Gasteiger partial charge in [0.2, 0.25) is 0 Å². The standard InChI is InChI=1S/C23H21N3O2/c24-15-6-7-16-28-20-12-8-11-19(17-20)26-23(27)21-13-4-5-14-22(21)25-18-9-2-1-3-10-18/h1-5,8-14,17,25H,6-7,16H2,(H,26,27). The van der Waals surface area contributed by atoms with E-state index in [0.717, 1.165) is 11.4 Å². The fraction of sp³-hybridized carbons (Fsp3) is 0.130. The zero-order valence-corrected chi connectivity index (χ0v) is 15.4. The minimum absolute atomic E-state index is 0.208. The molecule has 0 heterocycles. The second-order valence-corrected chi connectivity index (χ2v) is 6.13. The number of amides is 1. The van der Waals surface area contributed by atoms with Gasteiger partial charge in [0.15, 0.2) is 0 Å². The fourth-order valence-corrected chi connectivity index (χ4v) is 2.67. The number of hydrogen-bond acceptors (Lipinski definition) is 4. The number of para-hydroxylation sites is 2. The second kappa shape index (κ2) is 9.79. The van der Waals surface area contributed by atoms with Crippen LogP contribution in [-0.4, -0.2) is 12.5 Å². The Morgan fingerprint density at radius 3 is 2.50 bits per heavy atom. The molecule has 0 atom stereocenters. The van der Waals surface area contributed by atoms with Crippen molar-refractivity contribution >= 4 is 23.0 Å². The van der Waals surface area contributed by atoms with E-state index in [4.69, 9.17) is 10.00 Å². The highest BCUT2D eigenvalue weighted by molar-refractivity contribution is 6.08. The molecule has 0 aliphatic rings. The van der Waals surface area contributed by atoms with Gasteiger partial charge in [-0.1, -0.05) is 36.4 Å². The Labute approximate surface area is 164 Å². The molecule has 0 saturated carbocycles. The van der Waals surface area contributed by atoms with Crippen LogP contribution in [0.2, 0.25) is 0 Å². The minimum Gasteiger partial charge on any atom is -0.493 e. The Bertz CT molecular complexity index is 965. The van der Waals surface area contributed by atoms with Crippen LogP contribution in [-0.2, 0) is 0 Å². The molecule has 0 bridgehead atoms. The molecular formula is C23H21N3O2. The van der Waals surface area contributed by atoms with Gasteiger partial charge in [-0.3, -0.25) is 4.79 Å². The van der Waals surface area contributed by atoms with Gasteiger partial charge in [-0.05, 0) is 42.8 Å². The number of carbonyl (C=O) groups excluding carboxylic acids is 1. The molecule has 3 aromatic rings. The molecule has 0 aromatic heterocycles. The summed E-state index contributed by atoms with van der Waals surface area (Å²) in [6, 6.07) is 26.4. The first-order valence-electron chi connectivity index (χ1n) is 9.08. The number of hydrogen-bond donors (Lipinski definition) is 2. The van der Waals surface area contributed by atoms with E-state index in [1.54, 1.807) is 12.1 Å². The van der Waals surface area contributed by atoms with Crippen LogP contribution in [0.15, 0.2) is 78.9 Å². The molecule has 5 heteroatoms. The summed E-state index contributed by atoms with van der Waals surface area (Å²) in [7, 11) is 0. The summed E-state index contributed by atoms with van der Waals surface area (Å²) in [5, 5.41) is 14.8. The average molecular weight is 371 g/mol. The number of unbranched alkanes of at least 4 members (excludes halogenated alkanes) is 1. The van der Waals surface area contributed by atoms with Crippen molar-refractivity contribution in [2.75, 3.05) is 17.2 Å². The Kier molecular flexibility index (Phi) is 6.64.